The molecule has 1 aromatic carbocycles. The van der Waals surface area contributed by atoms with Crippen molar-refractivity contribution >= 4 is 5.78 Å². The largest absolute Gasteiger partial charge is 0.299 e. The maximum absolute atomic E-state index is 12.2. The minimum atomic E-state index is 0.374. The number of Topliss-reactive ketones (excluding diaryl/α,β-unsaturated/α-hetero) is 1. The summed E-state index contributed by atoms with van der Waals surface area (Å²) >= 11 is 0. The molecule has 3 rings (SSSR count). The molecule has 1 nitrogen and oxygen atoms in total. The molecule has 0 amide bonds. The number of ketones is 1. The Hall–Kier alpha value is -1.11. The van der Waals surface area contributed by atoms with Gasteiger partial charge < -0.3 is 0 Å². The van der Waals surface area contributed by atoms with E-state index in [1.807, 2.05) is 0 Å². The van der Waals surface area contributed by atoms with E-state index in [-0.39, 0.29) is 0 Å². The Bertz CT molecular complexity index is 433. The first-order chi connectivity index (χ1) is 8.63. The smallest absolute Gasteiger partial charge is 0.140 e. The van der Waals surface area contributed by atoms with Crippen molar-refractivity contribution in [1.29, 1.82) is 0 Å². The van der Waals surface area contributed by atoms with Crippen molar-refractivity contribution in [1.82, 2.24) is 0 Å². The second-order valence-electron chi connectivity index (χ2n) is 6.46. The Kier molecular flexibility index (Phi) is 3.01. The van der Waals surface area contributed by atoms with E-state index in [4.69, 9.17) is 0 Å². The molecular weight excluding hydrogens is 220 g/mol. The van der Waals surface area contributed by atoms with Crippen molar-refractivity contribution < 1.29 is 4.79 Å². The minimum Gasteiger partial charge on any atom is -0.299 e. The molecule has 1 aromatic rings. The lowest BCUT2D eigenvalue weighted by Gasteiger charge is -2.11. The second kappa shape index (κ2) is 4.53. The van der Waals surface area contributed by atoms with Gasteiger partial charge >= 0.3 is 0 Å². The van der Waals surface area contributed by atoms with E-state index >= 15 is 0 Å². The van der Waals surface area contributed by atoms with Crippen LogP contribution in [0.3, 0.4) is 0 Å². The topological polar surface area (TPSA) is 17.1 Å². The predicted molar refractivity (Wildman–Crippen MR) is 73.6 cm³/mol. The van der Waals surface area contributed by atoms with Crippen molar-refractivity contribution in [2.75, 3.05) is 0 Å². The van der Waals surface area contributed by atoms with Crippen LogP contribution in [0.25, 0.3) is 0 Å². The molecule has 2 aliphatic carbocycles. The lowest BCUT2D eigenvalue weighted by molar-refractivity contribution is -0.122. The van der Waals surface area contributed by atoms with Gasteiger partial charge in [-0.15, -0.1) is 0 Å². The summed E-state index contributed by atoms with van der Waals surface area (Å²) in [5.41, 5.74) is 2.54. The molecule has 18 heavy (non-hydrogen) atoms. The second-order valence-corrected chi connectivity index (χ2v) is 6.46. The number of rotatable bonds is 4. The van der Waals surface area contributed by atoms with Gasteiger partial charge in [-0.3, -0.25) is 4.79 Å². The highest BCUT2D eigenvalue weighted by atomic mass is 16.1. The Morgan fingerprint density at radius 3 is 2.28 bits per heavy atom. The number of fused-ring (bicyclic) bond motifs is 1. The summed E-state index contributed by atoms with van der Waals surface area (Å²) in [6.07, 6.45) is 4.39. The zero-order valence-electron chi connectivity index (χ0n) is 11.4. The Morgan fingerprint density at radius 2 is 1.72 bits per heavy atom. The van der Waals surface area contributed by atoms with Crippen molar-refractivity contribution in [3.8, 4) is 0 Å². The van der Waals surface area contributed by atoms with E-state index in [0.717, 1.165) is 11.8 Å². The zero-order chi connectivity index (χ0) is 12.7. The monoisotopic (exact) mass is 242 g/mol. The summed E-state index contributed by atoms with van der Waals surface area (Å²) in [4.78, 5) is 12.2. The van der Waals surface area contributed by atoms with Gasteiger partial charge in [-0.25, -0.2) is 0 Å². The van der Waals surface area contributed by atoms with Gasteiger partial charge in [0.15, 0.2) is 0 Å². The molecule has 96 valence electrons. The Morgan fingerprint density at radius 1 is 1.11 bits per heavy atom. The molecule has 0 aromatic heterocycles. The van der Waals surface area contributed by atoms with Crippen LogP contribution in [0.1, 0.15) is 50.2 Å². The molecule has 2 unspecified atom stereocenters. The average Bonchev–Trinajstić information content (AvgIpc) is 2.96. The van der Waals surface area contributed by atoms with E-state index in [0.29, 0.717) is 24.0 Å². The number of hydrogen-bond acceptors (Lipinski definition) is 1. The Balaban J connectivity index is 1.60. The van der Waals surface area contributed by atoms with Crippen LogP contribution in [0.5, 0.6) is 0 Å². The molecule has 0 N–H and O–H groups in total. The zero-order valence-corrected chi connectivity index (χ0v) is 11.4. The van der Waals surface area contributed by atoms with Gasteiger partial charge in [-0.2, -0.15) is 0 Å². The van der Waals surface area contributed by atoms with Gasteiger partial charge in [-0.1, -0.05) is 38.1 Å². The van der Waals surface area contributed by atoms with Crippen molar-refractivity contribution in [3.05, 3.63) is 35.4 Å². The molecule has 0 radical (unpaired) electrons. The van der Waals surface area contributed by atoms with Crippen LogP contribution in [0.2, 0.25) is 0 Å². The summed E-state index contributed by atoms with van der Waals surface area (Å²) in [7, 11) is 0. The first-order valence-electron chi connectivity index (χ1n) is 7.25. The van der Waals surface area contributed by atoms with Gasteiger partial charge in [0.05, 0.1) is 0 Å². The van der Waals surface area contributed by atoms with E-state index in [9.17, 15) is 4.79 Å². The van der Waals surface area contributed by atoms with Crippen molar-refractivity contribution in [2.45, 2.75) is 45.4 Å². The van der Waals surface area contributed by atoms with Gasteiger partial charge in [0.1, 0.15) is 5.78 Å². The molecule has 2 atom stereocenters. The third-order valence-corrected chi connectivity index (χ3v) is 4.72. The van der Waals surface area contributed by atoms with Crippen LogP contribution < -0.4 is 0 Å². The number of carbonyl (C=O) groups excluding carboxylic acids is 1. The molecule has 0 bridgehead atoms. The molecular formula is C17H22O. The van der Waals surface area contributed by atoms with Crippen molar-refractivity contribution in [2.24, 2.45) is 17.8 Å². The van der Waals surface area contributed by atoms with Crippen LogP contribution in [-0.4, -0.2) is 5.78 Å². The molecule has 0 spiro atoms. The maximum Gasteiger partial charge on any atom is 0.140 e. The number of carbonyl (C=O) groups is 1. The highest BCUT2D eigenvalue weighted by Crippen LogP contribution is 2.54. The van der Waals surface area contributed by atoms with Gasteiger partial charge in [-0.05, 0) is 48.1 Å². The highest BCUT2D eigenvalue weighted by molar-refractivity contribution is 5.83. The van der Waals surface area contributed by atoms with Crippen LogP contribution >= 0.6 is 0 Å². The molecule has 1 heteroatoms. The third kappa shape index (κ3) is 2.36. The summed E-state index contributed by atoms with van der Waals surface area (Å²) < 4.78 is 0. The molecule has 0 heterocycles. The van der Waals surface area contributed by atoms with Crippen LogP contribution in [-0.2, 0) is 11.2 Å². The first-order valence-corrected chi connectivity index (χ1v) is 7.25. The molecule has 2 saturated carbocycles. The minimum absolute atomic E-state index is 0.374. The quantitative estimate of drug-likeness (QED) is 0.781. The van der Waals surface area contributed by atoms with Gasteiger partial charge in [0, 0.05) is 12.3 Å². The summed E-state index contributed by atoms with van der Waals surface area (Å²) in [6.45, 7) is 4.40. The van der Waals surface area contributed by atoms with E-state index < -0.39 is 0 Å². The molecule has 0 aliphatic heterocycles. The lowest BCUT2D eigenvalue weighted by atomic mass is 9.93. The standard InChI is InChI=1S/C17H22O/c1-11(2)13-5-3-12(4-6-13)7-17(18)16-9-14-8-15(14)10-16/h3-6,11,14-16H,7-10H2,1-2H3. The number of benzene rings is 1. The van der Waals surface area contributed by atoms with E-state index in [1.54, 1.807) is 0 Å². The summed E-state index contributed by atoms with van der Waals surface area (Å²) in [6, 6.07) is 8.59. The molecule has 2 fully saturated rings. The van der Waals surface area contributed by atoms with E-state index in [2.05, 4.69) is 38.1 Å². The Labute approximate surface area is 110 Å². The van der Waals surface area contributed by atoms with Crippen molar-refractivity contribution in [3.63, 3.8) is 0 Å². The van der Waals surface area contributed by atoms with Crippen LogP contribution in [0.15, 0.2) is 24.3 Å². The predicted octanol–water partition coefficient (Wildman–Crippen LogP) is 3.97. The third-order valence-electron chi connectivity index (χ3n) is 4.72. The maximum atomic E-state index is 12.2. The van der Waals surface area contributed by atoms with Crippen LogP contribution in [0, 0.1) is 17.8 Å². The summed E-state index contributed by atoms with van der Waals surface area (Å²) in [5, 5.41) is 0. The van der Waals surface area contributed by atoms with Gasteiger partial charge in [0.25, 0.3) is 0 Å². The molecule has 0 saturated heterocycles. The fraction of sp³-hybridized carbons (Fsp3) is 0.588. The van der Waals surface area contributed by atoms with E-state index in [1.165, 1.54) is 30.4 Å². The summed E-state index contributed by atoms with van der Waals surface area (Å²) in [5.74, 6) is 3.22. The highest BCUT2D eigenvalue weighted by Gasteiger charge is 2.47. The lowest BCUT2D eigenvalue weighted by Crippen LogP contribution is -2.15. The fourth-order valence-electron chi connectivity index (χ4n) is 3.34. The fourth-order valence-corrected chi connectivity index (χ4v) is 3.34. The van der Waals surface area contributed by atoms with Gasteiger partial charge in [0.2, 0.25) is 0 Å². The first kappa shape index (κ1) is 12.0. The normalized spacial score (nSPS) is 29.4. The SMILES string of the molecule is CC(C)c1ccc(CC(=O)C2CC3CC3C2)cc1. The average molecular weight is 242 g/mol. The van der Waals surface area contributed by atoms with Crippen LogP contribution in [0.4, 0.5) is 0 Å². The molecule has 2 aliphatic rings. The number of hydrogen-bond donors (Lipinski definition) is 0.